The maximum Gasteiger partial charge on any atom is 0.410 e. The van der Waals surface area contributed by atoms with Gasteiger partial charge in [0.1, 0.15) is 5.60 Å². The molecule has 0 spiro atoms. The molecule has 6 heteroatoms. The Balaban J connectivity index is 1.52. The summed E-state index contributed by atoms with van der Waals surface area (Å²) in [5.74, 6) is 0.743. The minimum Gasteiger partial charge on any atom is -0.444 e. The van der Waals surface area contributed by atoms with Crippen LogP contribution in [0.15, 0.2) is 24.4 Å². The number of amides is 2. The van der Waals surface area contributed by atoms with Gasteiger partial charge in [-0.3, -0.25) is 9.78 Å². The number of carbonyl (C=O) groups excluding carboxylic acids is 2. The van der Waals surface area contributed by atoms with Gasteiger partial charge in [-0.2, -0.15) is 0 Å². The lowest BCUT2D eigenvalue weighted by Gasteiger charge is -2.29. The van der Waals surface area contributed by atoms with Crippen LogP contribution in [0.5, 0.6) is 0 Å². The Kier molecular flexibility index (Phi) is 5.82. The first-order valence-electron chi connectivity index (χ1n) is 9.73. The Morgan fingerprint density at radius 2 is 2.07 bits per heavy atom. The van der Waals surface area contributed by atoms with Gasteiger partial charge < -0.3 is 15.0 Å². The second kappa shape index (κ2) is 8.11. The fraction of sp³-hybridized carbons (Fsp3) is 0.571. The predicted octanol–water partition coefficient (Wildman–Crippen LogP) is 3.64. The van der Waals surface area contributed by atoms with E-state index in [4.69, 9.17) is 4.74 Å². The molecule has 2 amide bonds. The van der Waals surface area contributed by atoms with E-state index < -0.39 is 5.60 Å². The van der Waals surface area contributed by atoms with Crippen LogP contribution < -0.4 is 5.32 Å². The van der Waals surface area contributed by atoms with E-state index in [1.165, 1.54) is 12.8 Å². The van der Waals surface area contributed by atoms with Crippen molar-refractivity contribution < 1.29 is 14.3 Å². The van der Waals surface area contributed by atoms with Crippen molar-refractivity contribution in [3.63, 3.8) is 0 Å². The van der Waals surface area contributed by atoms with Crippen LogP contribution >= 0.6 is 0 Å². The average Bonchev–Trinajstić information content (AvgIpc) is 3.45. The van der Waals surface area contributed by atoms with Crippen molar-refractivity contribution in [2.45, 2.75) is 52.1 Å². The van der Waals surface area contributed by atoms with E-state index in [1.54, 1.807) is 11.1 Å². The molecule has 1 aliphatic carbocycles. The van der Waals surface area contributed by atoms with E-state index >= 15 is 0 Å². The van der Waals surface area contributed by atoms with Gasteiger partial charge in [0.05, 0.1) is 11.3 Å². The van der Waals surface area contributed by atoms with E-state index in [2.05, 4.69) is 10.3 Å². The third-order valence-corrected chi connectivity index (χ3v) is 4.75. The lowest BCUT2D eigenvalue weighted by molar-refractivity contribution is 0.0270. The molecule has 1 fully saturated rings. The molecule has 0 radical (unpaired) electrons. The summed E-state index contributed by atoms with van der Waals surface area (Å²) in [5.41, 5.74) is 2.04. The van der Waals surface area contributed by atoms with Crippen LogP contribution in [0.25, 0.3) is 5.57 Å². The SMILES string of the molecule is CC(C)(C)OC(=O)N1CC=C(c2ccc(C(=O)NCCC3CC3)cn2)CC1. The molecular weight excluding hydrogens is 342 g/mol. The molecule has 2 aliphatic rings. The zero-order valence-corrected chi connectivity index (χ0v) is 16.5. The van der Waals surface area contributed by atoms with Crippen LogP contribution in [-0.2, 0) is 4.74 Å². The van der Waals surface area contributed by atoms with Crippen LogP contribution in [0, 0.1) is 5.92 Å². The molecule has 0 saturated heterocycles. The van der Waals surface area contributed by atoms with Gasteiger partial charge in [-0.1, -0.05) is 18.9 Å². The Morgan fingerprint density at radius 1 is 1.30 bits per heavy atom. The lowest BCUT2D eigenvalue weighted by atomic mass is 10.0. The number of nitrogens with one attached hydrogen (secondary N) is 1. The van der Waals surface area contributed by atoms with Gasteiger partial charge in [0.15, 0.2) is 0 Å². The molecule has 1 aromatic rings. The molecule has 1 aromatic heterocycles. The fourth-order valence-corrected chi connectivity index (χ4v) is 3.01. The van der Waals surface area contributed by atoms with Crippen LogP contribution in [0.4, 0.5) is 4.79 Å². The van der Waals surface area contributed by atoms with Crippen molar-refractivity contribution in [3.05, 3.63) is 35.7 Å². The van der Waals surface area contributed by atoms with Gasteiger partial charge in [0.25, 0.3) is 5.91 Å². The highest BCUT2D eigenvalue weighted by molar-refractivity contribution is 5.94. The average molecular weight is 371 g/mol. The molecule has 146 valence electrons. The summed E-state index contributed by atoms with van der Waals surface area (Å²) in [7, 11) is 0. The number of rotatable bonds is 5. The summed E-state index contributed by atoms with van der Waals surface area (Å²) in [6.07, 6.45) is 7.73. The number of aromatic nitrogens is 1. The van der Waals surface area contributed by atoms with Crippen molar-refractivity contribution in [2.75, 3.05) is 19.6 Å². The number of pyridine rings is 1. The van der Waals surface area contributed by atoms with E-state index in [9.17, 15) is 9.59 Å². The van der Waals surface area contributed by atoms with E-state index in [0.717, 1.165) is 36.6 Å². The third kappa shape index (κ3) is 5.81. The Bertz CT molecular complexity index is 715. The second-order valence-corrected chi connectivity index (χ2v) is 8.33. The highest BCUT2D eigenvalue weighted by atomic mass is 16.6. The molecule has 0 bridgehead atoms. The van der Waals surface area contributed by atoms with Crippen molar-refractivity contribution >= 4 is 17.6 Å². The van der Waals surface area contributed by atoms with Crippen molar-refractivity contribution in [1.82, 2.24) is 15.2 Å². The highest BCUT2D eigenvalue weighted by Crippen LogP contribution is 2.31. The van der Waals surface area contributed by atoms with E-state index in [1.807, 2.05) is 39.0 Å². The van der Waals surface area contributed by atoms with Crippen LogP contribution in [-0.4, -0.2) is 47.1 Å². The standard InChI is InChI=1S/C21H29N3O3/c1-21(2,3)27-20(26)24-12-9-16(10-13-24)18-7-6-17(14-23-18)19(25)22-11-8-15-4-5-15/h6-7,9,14-15H,4-5,8,10-13H2,1-3H3,(H,22,25). The van der Waals surface area contributed by atoms with Gasteiger partial charge in [0, 0.05) is 25.8 Å². The highest BCUT2D eigenvalue weighted by Gasteiger charge is 2.24. The van der Waals surface area contributed by atoms with Gasteiger partial charge in [-0.15, -0.1) is 0 Å². The smallest absolute Gasteiger partial charge is 0.410 e. The maximum atomic E-state index is 12.1. The number of nitrogens with zero attached hydrogens (tertiary/aromatic N) is 2. The molecule has 27 heavy (non-hydrogen) atoms. The normalized spacial score (nSPS) is 17.3. The Labute approximate surface area is 161 Å². The van der Waals surface area contributed by atoms with Crippen molar-refractivity contribution in [1.29, 1.82) is 0 Å². The zero-order chi connectivity index (χ0) is 19.4. The Hall–Kier alpha value is -2.37. The van der Waals surface area contributed by atoms with Crippen molar-refractivity contribution in [3.8, 4) is 0 Å². The quantitative estimate of drug-likeness (QED) is 0.858. The monoisotopic (exact) mass is 371 g/mol. The minimum absolute atomic E-state index is 0.0663. The van der Waals surface area contributed by atoms with Gasteiger partial charge in [-0.25, -0.2) is 4.79 Å². The summed E-state index contributed by atoms with van der Waals surface area (Å²) in [4.78, 5) is 30.4. The molecule has 1 aliphatic heterocycles. The molecule has 1 N–H and O–H groups in total. The van der Waals surface area contributed by atoms with Gasteiger partial charge in [0.2, 0.25) is 0 Å². The number of ether oxygens (including phenoxy) is 1. The minimum atomic E-state index is -0.488. The molecule has 0 aromatic carbocycles. The van der Waals surface area contributed by atoms with E-state index in [-0.39, 0.29) is 12.0 Å². The number of carbonyl (C=O) groups is 2. The number of hydrogen-bond acceptors (Lipinski definition) is 4. The molecule has 6 nitrogen and oxygen atoms in total. The maximum absolute atomic E-state index is 12.1. The molecule has 1 saturated carbocycles. The fourth-order valence-electron chi connectivity index (χ4n) is 3.01. The Morgan fingerprint density at radius 3 is 2.63 bits per heavy atom. The van der Waals surface area contributed by atoms with Crippen molar-refractivity contribution in [2.24, 2.45) is 5.92 Å². The van der Waals surface area contributed by atoms with Crippen LogP contribution in [0.3, 0.4) is 0 Å². The third-order valence-electron chi connectivity index (χ3n) is 4.75. The number of hydrogen-bond donors (Lipinski definition) is 1. The summed E-state index contributed by atoms with van der Waals surface area (Å²) in [5, 5.41) is 2.95. The first-order chi connectivity index (χ1) is 12.8. The lowest BCUT2D eigenvalue weighted by Crippen LogP contribution is -2.39. The summed E-state index contributed by atoms with van der Waals surface area (Å²) < 4.78 is 5.41. The van der Waals surface area contributed by atoms with Gasteiger partial charge >= 0.3 is 6.09 Å². The van der Waals surface area contributed by atoms with Gasteiger partial charge in [-0.05, 0) is 57.2 Å². The summed E-state index contributed by atoms with van der Waals surface area (Å²) in [6, 6.07) is 3.70. The molecule has 0 unspecified atom stereocenters. The van der Waals surface area contributed by atoms with Crippen LogP contribution in [0.1, 0.15) is 62.5 Å². The molecule has 0 atom stereocenters. The zero-order valence-electron chi connectivity index (χ0n) is 16.5. The largest absolute Gasteiger partial charge is 0.444 e. The molecule has 2 heterocycles. The molecule has 3 rings (SSSR count). The van der Waals surface area contributed by atoms with E-state index in [0.29, 0.717) is 18.7 Å². The first-order valence-corrected chi connectivity index (χ1v) is 9.73. The molecular formula is C21H29N3O3. The summed E-state index contributed by atoms with van der Waals surface area (Å²) in [6.45, 7) is 7.44. The van der Waals surface area contributed by atoms with Crippen LogP contribution in [0.2, 0.25) is 0 Å². The first kappa shape index (κ1) is 19.4. The summed E-state index contributed by atoms with van der Waals surface area (Å²) >= 11 is 0. The topological polar surface area (TPSA) is 71.5 Å². The predicted molar refractivity (Wildman–Crippen MR) is 104 cm³/mol. The second-order valence-electron chi connectivity index (χ2n) is 8.33.